The zero-order chi connectivity index (χ0) is 13.6. The lowest BCUT2D eigenvalue weighted by molar-refractivity contribution is -0.136. The van der Waals surface area contributed by atoms with Gasteiger partial charge in [0.2, 0.25) is 0 Å². The Labute approximate surface area is 104 Å². The highest BCUT2D eigenvalue weighted by atomic mass is 31.1. The molecule has 0 N–H and O–H groups in total. The van der Waals surface area contributed by atoms with E-state index in [-0.39, 0.29) is 11.0 Å². The molecule has 0 spiro atoms. The van der Waals surface area contributed by atoms with Crippen molar-refractivity contribution >= 4 is 25.9 Å². The topological polar surface area (TPSA) is 46.6 Å². The summed E-state index contributed by atoms with van der Waals surface area (Å²) >= 11 is 0. The van der Waals surface area contributed by atoms with E-state index in [1.54, 1.807) is 5.82 Å². The Kier molecular flexibility index (Phi) is 6.29. The largest absolute Gasteiger partial charge is 0.465 e. The number of nitrogens with zero attached hydrogens (tertiary/aromatic N) is 1. The van der Waals surface area contributed by atoms with Gasteiger partial charge in [-0.3, -0.25) is 9.69 Å². The number of aldehydes is 1. The third kappa shape index (κ3) is 5.24. The maximum absolute atomic E-state index is 11.2. The molecule has 0 aromatic carbocycles. The van der Waals surface area contributed by atoms with Crippen molar-refractivity contribution in [2.75, 3.05) is 21.2 Å². The molecule has 0 bridgehead atoms. The van der Waals surface area contributed by atoms with Crippen LogP contribution in [0.4, 0.5) is 0 Å². The first-order valence-corrected chi connectivity index (χ1v) is 6.19. The molecule has 0 fully saturated rings. The van der Waals surface area contributed by atoms with Gasteiger partial charge in [0.1, 0.15) is 5.57 Å². The maximum atomic E-state index is 11.2. The minimum atomic E-state index is -0.598. The summed E-state index contributed by atoms with van der Waals surface area (Å²) in [5.74, 6) is 0.985. The normalized spacial score (nSPS) is 13.8. The molecule has 0 saturated carbocycles. The van der Waals surface area contributed by atoms with Crippen LogP contribution in [0.5, 0.6) is 0 Å². The third-order valence-corrected chi connectivity index (χ3v) is 3.69. The van der Waals surface area contributed by atoms with Crippen molar-refractivity contribution < 1.29 is 14.3 Å². The molecular weight excluding hydrogens is 237 g/mol. The summed E-state index contributed by atoms with van der Waals surface area (Å²) in [5.41, 5.74) is 1.14. The van der Waals surface area contributed by atoms with Crippen LogP contribution in [-0.4, -0.2) is 43.8 Å². The summed E-state index contributed by atoms with van der Waals surface area (Å²) in [5, 5.41) is 0. The van der Waals surface area contributed by atoms with Crippen molar-refractivity contribution in [3.8, 4) is 0 Å². The highest BCUT2D eigenvalue weighted by Gasteiger charge is 2.19. The van der Waals surface area contributed by atoms with E-state index in [2.05, 4.69) is 25.5 Å². The van der Waals surface area contributed by atoms with Crippen molar-refractivity contribution in [1.82, 2.24) is 4.90 Å². The van der Waals surface area contributed by atoms with E-state index in [9.17, 15) is 9.59 Å². The Hall–Kier alpha value is -0.990. The second-order valence-electron chi connectivity index (χ2n) is 4.79. The van der Waals surface area contributed by atoms with E-state index in [0.29, 0.717) is 6.29 Å². The first kappa shape index (κ1) is 16.0. The van der Waals surface area contributed by atoms with Gasteiger partial charge < -0.3 is 4.74 Å². The molecule has 0 amide bonds. The van der Waals surface area contributed by atoms with Gasteiger partial charge in [-0.1, -0.05) is 29.0 Å². The number of carbonyl (C=O) groups is 2. The SMILES string of the molecule is COC(=O)/C(C=O)=C/P=C(N(C)C)C(C)(C)C. The molecule has 0 aromatic rings. The smallest absolute Gasteiger partial charge is 0.341 e. The average molecular weight is 257 g/mol. The van der Waals surface area contributed by atoms with Gasteiger partial charge in [-0.15, -0.1) is 0 Å². The number of methoxy groups -OCH3 is 1. The molecule has 5 heteroatoms. The fraction of sp³-hybridized carbons (Fsp3) is 0.583. The molecule has 0 aliphatic carbocycles. The number of esters is 1. The molecular formula is C12H20NO3P. The zero-order valence-electron chi connectivity index (χ0n) is 11.3. The van der Waals surface area contributed by atoms with E-state index in [1.165, 1.54) is 7.11 Å². The molecule has 96 valence electrons. The summed E-state index contributed by atoms with van der Waals surface area (Å²) in [6.45, 7) is 6.26. The first-order chi connectivity index (χ1) is 7.73. The Morgan fingerprint density at radius 2 is 1.82 bits per heavy atom. The van der Waals surface area contributed by atoms with Crippen LogP contribution in [0.2, 0.25) is 0 Å². The van der Waals surface area contributed by atoms with Gasteiger partial charge in [0, 0.05) is 10.8 Å². The summed E-state index contributed by atoms with van der Waals surface area (Å²) < 4.78 is 4.52. The van der Waals surface area contributed by atoms with Crippen molar-refractivity contribution in [2.45, 2.75) is 20.8 Å². The average Bonchev–Trinajstić information content (AvgIpc) is 2.20. The van der Waals surface area contributed by atoms with Gasteiger partial charge in [0.25, 0.3) is 0 Å². The molecule has 0 aromatic heterocycles. The van der Waals surface area contributed by atoms with Crippen LogP contribution in [0.3, 0.4) is 0 Å². The van der Waals surface area contributed by atoms with Gasteiger partial charge in [-0.2, -0.15) is 0 Å². The van der Waals surface area contributed by atoms with Gasteiger partial charge in [0.05, 0.1) is 7.11 Å². The molecule has 0 saturated heterocycles. The molecule has 17 heavy (non-hydrogen) atoms. The van der Waals surface area contributed by atoms with Gasteiger partial charge in [-0.05, 0) is 19.9 Å². The van der Waals surface area contributed by atoms with Crippen molar-refractivity contribution in [3.63, 3.8) is 0 Å². The fourth-order valence-corrected chi connectivity index (χ4v) is 2.41. The highest BCUT2D eigenvalue weighted by Crippen LogP contribution is 2.24. The summed E-state index contributed by atoms with van der Waals surface area (Å²) in [6.07, 6.45) is 0.523. The molecule has 0 atom stereocenters. The zero-order valence-corrected chi connectivity index (χ0v) is 12.2. The van der Waals surface area contributed by atoms with Crippen LogP contribution in [0.25, 0.3) is 0 Å². The summed E-state index contributed by atoms with van der Waals surface area (Å²) in [7, 11) is 5.97. The number of hydrogen-bond acceptors (Lipinski definition) is 3. The van der Waals surface area contributed by atoms with Gasteiger partial charge in [0.15, 0.2) is 6.29 Å². The summed E-state index contributed by atoms with van der Waals surface area (Å²) in [6, 6.07) is 0. The van der Waals surface area contributed by atoms with Crippen LogP contribution in [0.15, 0.2) is 11.4 Å². The molecule has 0 radical (unpaired) electrons. The minimum absolute atomic E-state index is 0.0222. The van der Waals surface area contributed by atoms with Crippen molar-refractivity contribution in [3.05, 3.63) is 11.4 Å². The first-order valence-electron chi connectivity index (χ1n) is 5.23. The van der Waals surface area contributed by atoms with E-state index >= 15 is 0 Å². The number of ether oxygens (including phenoxy) is 1. The second kappa shape index (κ2) is 6.67. The van der Waals surface area contributed by atoms with Crippen molar-refractivity contribution in [1.29, 1.82) is 0 Å². The van der Waals surface area contributed by atoms with Crippen LogP contribution >= 0.6 is 8.20 Å². The number of hydrogen-bond donors (Lipinski definition) is 0. The molecule has 0 unspecified atom stereocenters. The van der Waals surface area contributed by atoms with E-state index in [1.807, 2.05) is 19.0 Å². The Morgan fingerprint density at radius 1 is 1.29 bits per heavy atom. The lowest BCUT2D eigenvalue weighted by Gasteiger charge is -2.27. The molecule has 0 aliphatic heterocycles. The Bertz CT molecular complexity index is 351. The van der Waals surface area contributed by atoms with Crippen LogP contribution in [-0.2, 0) is 14.3 Å². The monoisotopic (exact) mass is 257 g/mol. The minimum Gasteiger partial charge on any atom is -0.465 e. The molecule has 0 rings (SSSR count). The van der Waals surface area contributed by atoms with Gasteiger partial charge in [-0.25, -0.2) is 4.79 Å². The fourth-order valence-electron chi connectivity index (χ4n) is 1.36. The van der Waals surface area contributed by atoms with Crippen molar-refractivity contribution in [2.24, 2.45) is 5.41 Å². The van der Waals surface area contributed by atoms with Gasteiger partial charge >= 0.3 is 5.97 Å². The second-order valence-corrected chi connectivity index (χ2v) is 5.73. The van der Waals surface area contributed by atoms with E-state index in [0.717, 1.165) is 13.6 Å². The number of rotatable bonds is 4. The highest BCUT2D eigenvalue weighted by molar-refractivity contribution is 7.44. The maximum Gasteiger partial charge on any atom is 0.341 e. The number of carbonyl (C=O) groups excluding carboxylic acids is 2. The third-order valence-electron chi connectivity index (χ3n) is 1.97. The molecule has 0 heterocycles. The van der Waals surface area contributed by atoms with Crippen LogP contribution in [0, 0.1) is 5.41 Å². The van der Waals surface area contributed by atoms with Crippen LogP contribution < -0.4 is 0 Å². The Balaban J connectivity index is 5.28. The quantitative estimate of drug-likeness (QED) is 0.193. The molecule has 0 aliphatic rings. The van der Waals surface area contributed by atoms with Crippen LogP contribution in [0.1, 0.15) is 20.8 Å². The Morgan fingerprint density at radius 3 is 2.12 bits per heavy atom. The lowest BCUT2D eigenvalue weighted by atomic mass is 9.96. The predicted octanol–water partition coefficient (Wildman–Crippen LogP) is 1.93. The predicted molar refractivity (Wildman–Crippen MR) is 71.2 cm³/mol. The lowest BCUT2D eigenvalue weighted by Crippen LogP contribution is -2.32. The van der Waals surface area contributed by atoms with E-state index < -0.39 is 5.97 Å². The van der Waals surface area contributed by atoms with E-state index in [4.69, 9.17) is 0 Å². The summed E-state index contributed by atoms with van der Waals surface area (Å²) in [4.78, 5) is 24.0. The molecule has 4 nitrogen and oxygen atoms in total. The standard InChI is InChI=1S/C12H20NO3P/c1-12(2,3)11(13(4)5)17-8-9(7-14)10(15)16-6/h7-8H,1-6H3/b9-8+.